The molecule has 0 unspecified atom stereocenters. The highest BCUT2D eigenvalue weighted by molar-refractivity contribution is 5.87. The second-order valence-electron chi connectivity index (χ2n) is 9.12. The number of para-hydroxylation sites is 4. The summed E-state index contributed by atoms with van der Waals surface area (Å²) in [7, 11) is 0. The molecule has 0 saturated heterocycles. The van der Waals surface area contributed by atoms with Gasteiger partial charge in [-0.1, -0.05) is 159 Å². The van der Waals surface area contributed by atoms with Crippen molar-refractivity contribution in [3.8, 4) is 11.1 Å². The minimum Gasteiger partial charge on any atom is -0.310 e. The van der Waals surface area contributed by atoms with Gasteiger partial charge in [0.05, 0.1) is 0 Å². The van der Waals surface area contributed by atoms with Crippen molar-refractivity contribution < 1.29 is 0 Å². The van der Waals surface area contributed by atoms with Gasteiger partial charge in [0, 0.05) is 34.1 Å². The quantitative estimate of drug-likeness (QED) is 0.178. The molecule has 2 nitrogen and oxygen atoms in total. The Balaban J connectivity index is 0.000000856. The Labute approximate surface area is 279 Å². The molecule has 6 rings (SSSR count). The highest BCUT2D eigenvalue weighted by atomic mass is 15.2. The molecule has 6 aromatic rings. The molecule has 0 aliphatic carbocycles. The lowest BCUT2D eigenvalue weighted by molar-refractivity contribution is 1.25. The third-order valence-corrected chi connectivity index (χ3v) is 6.58. The van der Waals surface area contributed by atoms with Gasteiger partial charge in [0.1, 0.15) is 0 Å². The van der Waals surface area contributed by atoms with Gasteiger partial charge in [-0.3, -0.25) is 0 Å². The molecule has 0 amide bonds. The van der Waals surface area contributed by atoms with Crippen molar-refractivity contribution >= 4 is 34.1 Å². The molecule has 46 heavy (non-hydrogen) atoms. The van der Waals surface area contributed by atoms with Crippen LogP contribution in [0.4, 0.5) is 34.1 Å². The zero-order valence-corrected chi connectivity index (χ0v) is 29.1. The summed E-state index contributed by atoms with van der Waals surface area (Å²) in [6.45, 7) is 16.0. The van der Waals surface area contributed by atoms with Gasteiger partial charge in [0.2, 0.25) is 0 Å². The van der Waals surface area contributed by atoms with Gasteiger partial charge in [0.15, 0.2) is 0 Å². The molecule has 0 bridgehead atoms. The Morgan fingerprint density at radius 3 is 0.739 bits per heavy atom. The van der Waals surface area contributed by atoms with E-state index in [1.165, 1.54) is 5.56 Å². The first-order valence-corrected chi connectivity index (χ1v) is 16.9. The fraction of sp³-hybridized carbons (Fsp3) is 0.182. The largest absolute Gasteiger partial charge is 0.310 e. The van der Waals surface area contributed by atoms with E-state index in [4.69, 9.17) is 0 Å². The van der Waals surface area contributed by atoms with Gasteiger partial charge in [-0.25, -0.2) is 0 Å². The van der Waals surface area contributed by atoms with Crippen molar-refractivity contribution in [2.45, 2.75) is 55.4 Å². The Hall–Kier alpha value is -5.08. The molecule has 0 saturated carbocycles. The summed E-state index contributed by atoms with van der Waals surface area (Å²) < 4.78 is 0. The average molecular weight is 609 g/mol. The summed E-state index contributed by atoms with van der Waals surface area (Å²) in [5, 5.41) is 0. The predicted octanol–water partition coefficient (Wildman–Crippen LogP) is 14.4. The van der Waals surface area contributed by atoms with Gasteiger partial charge in [-0.15, -0.1) is 0 Å². The van der Waals surface area contributed by atoms with Gasteiger partial charge in [-0.05, 0) is 77.9 Å². The summed E-state index contributed by atoms with van der Waals surface area (Å²) in [6.07, 6.45) is 0. The van der Waals surface area contributed by atoms with Crippen molar-refractivity contribution in [3.63, 3.8) is 0 Å². The van der Waals surface area contributed by atoms with Crippen LogP contribution in [-0.2, 0) is 0 Å². The molecule has 0 spiro atoms. The van der Waals surface area contributed by atoms with Gasteiger partial charge in [0.25, 0.3) is 0 Å². The fourth-order valence-electron chi connectivity index (χ4n) is 4.85. The van der Waals surface area contributed by atoms with Crippen molar-refractivity contribution in [2.75, 3.05) is 9.80 Å². The van der Waals surface area contributed by atoms with E-state index in [-0.39, 0.29) is 0 Å². The van der Waals surface area contributed by atoms with Crippen LogP contribution in [0.3, 0.4) is 0 Å². The second-order valence-corrected chi connectivity index (χ2v) is 9.12. The Morgan fingerprint density at radius 2 is 0.478 bits per heavy atom. The van der Waals surface area contributed by atoms with E-state index < -0.39 is 0 Å². The van der Waals surface area contributed by atoms with Crippen LogP contribution in [0.2, 0.25) is 0 Å². The normalized spacial score (nSPS) is 9.30. The van der Waals surface area contributed by atoms with Gasteiger partial charge >= 0.3 is 0 Å². The number of rotatable bonds is 7. The third kappa shape index (κ3) is 9.97. The summed E-state index contributed by atoms with van der Waals surface area (Å²) >= 11 is 0. The van der Waals surface area contributed by atoms with Crippen LogP contribution in [0.25, 0.3) is 11.1 Å². The van der Waals surface area contributed by atoms with Crippen LogP contribution in [0.5, 0.6) is 0 Å². The number of hydrogen-bond acceptors (Lipinski definition) is 2. The van der Waals surface area contributed by atoms with Crippen molar-refractivity contribution in [1.29, 1.82) is 0 Å². The van der Waals surface area contributed by atoms with E-state index in [0.717, 1.165) is 39.7 Å². The predicted molar refractivity (Wildman–Crippen MR) is 207 cm³/mol. The molecule has 0 heterocycles. The average Bonchev–Trinajstić information content (AvgIpc) is 3.17. The number of nitrogens with zero attached hydrogens (tertiary/aromatic N) is 2. The molecular weight excluding hydrogens is 556 g/mol. The maximum absolute atomic E-state index is 2.32. The third-order valence-electron chi connectivity index (χ3n) is 6.58. The zero-order chi connectivity index (χ0) is 33.6. The van der Waals surface area contributed by atoms with E-state index in [9.17, 15) is 0 Å². The molecule has 238 valence electrons. The van der Waals surface area contributed by atoms with Crippen LogP contribution in [0, 0.1) is 0 Å². The summed E-state index contributed by atoms with van der Waals surface area (Å²) in [6, 6.07) is 59.7. The van der Waals surface area contributed by atoms with Gasteiger partial charge in [-0.2, -0.15) is 0 Å². The molecule has 0 aliphatic heterocycles. The lowest BCUT2D eigenvalue weighted by Gasteiger charge is -2.30. The first kappa shape index (κ1) is 37.1. The molecular formula is C44H52N2. The zero-order valence-electron chi connectivity index (χ0n) is 29.1. The van der Waals surface area contributed by atoms with Crippen molar-refractivity contribution in [2.24, 2.45) is 0 Å². The number of benzene rings is 6. The molecule has 0 fully saturated rings. The van der Waals surface area contributed by atoms with E-state index in [0.29, 0.717) is 0 Å². The van der Waals surface area contributed by atoms with E-state index >= 15 is 0 Å². The second kappa shape index (κ2) is 21.6. The lowest BCUT2D eigenvalue weighted by atomic mass is 10.0. The Bertz CT molecular complexity index is 1400. The topological polar surface area (TPSA) is 6.48 Å². The molecule has 0 aromatic heterocycles. The SMILES string of the molecule is CC.CC.CC.CC.c1ccc(-c2cc(N(c3ccccc3)c3ccccc3)cc(N(c3ccccc3)c3ccccc3)c2)cc1. The molecule has 0 radical (unpaired) electrons. The van der Waals surface area contributed by atoms with Crippen LogP contribution < -0.4 is 9.80 Å². The molecule has 6 aromatic carbocycles. The first-order valence-electron chi connectivity index (χ1n) is 16.9. The van der Waals surface area contributed by atoms with E-state index in [2.05, 4.69) is 180 Å². The smallest absolute Gasteiger partial charge is 0.0488 e. The van der Waals surface area contributed by atoms with Gasteiger partial charge < -0.3 is 9.80 Å². The molecule has 0 aliphatic rings. The molecule has 0 atom stereocenters. The van der Waals surface area contributed by atoms with E-state index in [1.807, 2.05) is 55.4 Å². The van der Waals surface area contributed by atoms with Crippen LogP contribution >= 0.6 is 0 Å². The van der Waals surface area contributed by atoms with Crippen LogP contribution in [0.15, 0.2) is 170 Å². The number of anilines is 6. The minimum atomic E-state index is 1.09. The van der Waals surface area contributed by atoms with Crippen LogP contribution in [0.1, 0.15) is 55.4 Å². The fourth-order valence-corrected chi connectivity index (χ4v) is 4.85. The Morgan fingerprint density at radius 1 is 0.239 bits per heavy atom. The Kier molecular flexibility index (Phi) is 17.4. The summed E-state index contributed by atoms with van der Waals surface area (Å²) in [5.41, 5.74) is 8.97. The highest BCUT2D eigenvalue weighted by Crippen LogP contribution is 2.42. The maximum atomic E-state index is 2.32. The number of hydrogen-bond donors (Lipinski definition) is 0. The summed E-state index contributed by atoms with van der Waals surface area (Å²) in [5.74, 6) is 0. The lowest BCUT2D eigenvalue weighted by Crippen LogP contribution is -2.13. The van der Waals surface area contributed by atoms with Crippen molar-refractivity contribution in [1.82, 2.24) is 0 Å². The highest BCUT2D eigenvalue weighted by Gasteiger charge is 2.18. The molecule has 2 heteroatoms. The monoisotopic (exact) mass is 608 g/mol. The van der Waals surface area contributed by atoms with E-state index in [1.54, 1.807) is 0 Å². The molecule has 0 N–H and O–H groups in total. The minimum absolute atomic E-state index is 1.09. The summed E-state index contributed by atoms with van der Waals surface area (Å²) in [4.78, 5) is 4.65. The first-order chi connectivity index (χ1) is 22.9. The van der Waals surface area contributed by atoms with Crippen molar-refractivity contribution in [3.05, 3.63) is 170 Å². The standard InChI is InChI=1S/C36H28N2.4C2H6/c1-6-16-29(17-7-1)30-26-35(37(31-18-8-2-9-19-31)32-20-10-3-11-21-32)28-36(27-30)38(33-22-12-4-13-23-33)34-24-14-5-15-25-34;4*1-2/h1-28H;4*1-2H3. The maximum Gasteiger partial charge on any atom is 0.0488 e. The van der Waals surface area contributed by atoms with Crippen LogP contribution in [-0.4, -0.2) is 0 Å².